The maximum absolute atomic E-state index is 14.0. The molecule has 3 saturated carbocycles. The fraction of sp³-hybridized carbons (Fsp3) is 0.879. The third-order valence-electron chi connectivity index (χ3n) is 10.4. The highest BCUT2D eigenvalue weighted by molar-refractivity contribution is 7.90. The molecule has 13 heteroatoms. The topological polar surface area (TPSA) is 180 Å². The van der Waals surface area contributed by atoms with Gasteiger partial charge in [-0.05, 0) is 69.1 Å². The molecule has 4 fully saturated rings. The predicted octanol–water partition coefficient (Wildman–Crippen LogP) is 1.88. The second kappa shape index (κ2) is 17.8. The average molecular weight is 669 g/mol. The Bertz CT molecular complexity index is 1140. The lowest BCUT2D eigenvalue weighted by Gasteiger charge is -2.37. The Labute approximate surface area is 274 Å². The zero-order valence-electron chi connectivity index (χ0n) is 27.5. The van der Waals surface area contributed by atoms with E-state index in [-0.39, 0.29) is 36.3 Å². The maximum atomic E-state index is 14.0. The molecule has 4 amide bonds. The van der Waals surface area contributed by atoms with Gasteiger partial charge in [0.25, 0.3) is 0 Å². The zero-order valence-corrected chi connectivity index (χ0v) is 28.3. The van der Waals surface area contributed by atoms with E-state index in [9.17, 15) is 32.7 Å². The summed E-state index contributed by atoms with van der Waals surface area (Å²) in [5.41, 5.74) is 0. The van der Waals surface area contributed by atoms with Gasteiger partial charge in [0, 0.05) is 12.8 Å². The van der Waals surface area contributed by atoms with E-state index < -0.39 is 58.2 Å². The zero-order chi connectivity index (χ0) is 33.1. The van der Waals surface area contributed by atoms with Crippen LogP contribution in [0.25, 0.3) is 0 Å². The molecule has 1 heterocycles. The number of aliphatic hydroxyl groups is 1. The monoisotopic (exact) mass is 668 g/mol. The molecular formula is C33H56N4O8S. The normalized spacial score (nSPS) is 32.1. The number of carbonyl (C=O) groups excluding carboxylic acids is 4. The Kier molecular flexibility index (Phi) is 14.1. The van der Waals surface area contributed by atoms with Crippen molar-refractivity contribution >= 4 is 33.5 Å². The van der Waals surface area contributed by atoms with Crippen LogP contribution in [0.15, 0.2) is 0 Å². The third kappa shape index (κ3) is 12.1. The number of hydrogen-bond donors (Lipinski definition) is 5. The largest absolute Gasteiger partial charge is 0.387 e. The highest BCUT2D eigenvalue weighted by Crippen LogP contribution is 2.35. The van der Waals surface area contributed by atoms with E-state index in [2.05, 4.69) is 21.3 Å². The molecule has 0 aromatic carbocycles. The Morgan fingerprint density at radius 1 is 0.826 bits per heavy atom. The van der Waals surface area contributed by atoms with E-state index in [0.29, 0.717) is 25.2 Å². The summed E-state index contributed by atoms with van der Waals surface area (Å²) in [7, 11) is -3.29. The van der Waals surface area contributed by atoms with Crippen LogP contribution in [0, 0.1) is 17.8 Å². The van der Waals surface area contributed by atoms with Crippen LogP contribution in [-0.4, -0.2) is 92.6 Å². The molecular weight excluding hydrogens is 612 g/mol. The van der Waals surface area contributed by atoms with Gasteiger partial charge in [0.2, 0.25) is 23.6 Å². The average Bonchev–Trinajstić information content (AvgIpc) is 3.02. The van der Waals surface area contributed by atoms with Gasteiger partial charge in [0.1, 0.15) is 34.6 Å². The minimum atomic E-state index is -3.29. The first kappa shape index (κ1) is 36.6. The van der Waals surface area contributed by atoms with Crippen molar-refractivity contribution in [2.24, 2.45) is 17.8 Å². The van der Waals surface area contributed by atoms with Crippen LogP contribution in [0.5, 0.6) is 0 Å². The van der Waals surface area contributed by atoms with Gasteiger partial charge in [0.05, 0.1) is 18.0 Å². The van der Waals surface area contributed by atoms with E-state index in [1.807, 2.05) is 0 Å². The molecule has 1 aliphatic heterocycles. The van der Waals surface area contributed by atoms with Crippen molar-refractivity contribution in [1.29, 1.82) is 0 Å². The Morgan fingerprint density at radius 2 is 1.48 bits per heavy atom. The van der Waals surface area contributed by atoms with E-state index >= 15 is 0 Å². The molecule has 12 nitrogen and oxygen atoms in total. The summed E-state index contributed by atoms with van der Waals surface area (Å²) >= 11 is 0. The van der Waals surface area contributed by atoms with Gasteiger partial charge >= 0.3 is 0 Å². The van der Waals surface area contributed by atoms with Crippen molar-refractivity contribution in [2.75, 3.05) is 25.2 Å². The lowest BCUT2D eigenvalue weighted by atomic mass is 9.81. The molecule has 262 valence electrons. The van der Waals surface area contributed by atoms with E-state index in [1.54, 1.807) is 0 Å². The second-order valence-corrected chi connectivity index (χ2v) is 16.6. The Balaban J connectivity index is 1.59. The van der Waals surface area contributed by atoms with Crippen molar-refractivity contribution in [1.82, 2.24) is 21.3 Å². The van der Waals surface area contributed by atoms with Crippen molar-refractivity contribution in [2.45, 2.75) is 139 Å². The summed E-state index contributed by atoms with van der Waals surface area (Å²) in [6.45, 7) is -0.803. The first-order valence-corrected chi connectivity index (χ1v) is 19.7. The molecule has 0 spiro atoms. The Hall–Kier alpha value is -2.25. The SMILES string of the molecule is CS(=O)(=O)CCNC(=O)[C@@H]1CC2CCCC(C2)OC2CCCC(C2)C[C@H](NC(=O)CO)C(=O)N[C@@H](CCC2CCCCC2)C(=O)N1. The summed E-state index contributed by atoms with van der Waals surface area (Å²) in [6.07, 6.45) is 15.9. The summed E-state index contributed by atoms with van der Waals surface area (Å²) in [6, 6.07) is -2.74. The molecule has 4 bridgehead atoms. The summed E-state index contributed by atoms with van der Waals surface area (Å²) in [4.78, 5) is 53.5. The molecule has 4 aliphatic rings. The van der Waals surface area contributed by atoms with Gasteiger partial charge in [-0.2, -0.15) is 0 Å². The number of fused-ring (bicyclic) bond motifs is 4. The lowest BCUT2D eigenvalue weighted by molar-refractivity contribution is -0.135. The highest BCUT2D eigenvalue weighted by Gasteiger charge is 2.36. The van der Waals surface area contributed by atoms with Gasteiger partial charge in [-0.15, -0.1) is 0 Å². The van der Waals surface area contributed by atoms with Crippen LogP contribution in [0.3, 0.4) is 0 Å². The molecule has 0 aromatic rings. The predicted molar refractivity (Wildman–Crippen MR) is 173 cm³/mol. The van der Waals surface area contributed by atoms with Crippen molar-refractivity contribution < 1.29 is 37.4 Å². The molecule has 3 aliphatic carbocycles. The molecule has 46 heavy (non-hydrogen) atoms. The number of carbonyl (C=O) groups is 4. The summed E-state index contributed by atoms with van der Waals surface area (Å²) in [5.74, 6) is -1.50. The quantitative estimate of drug-likeness (QED) is 0.247. The first-order valence-electron chi connectivity index (χ1n) is 17.6. The van der Waals surface area contributed by atoms with Gasteiger partial charge in [-0.3, -0.25) is 19.2 Å². The summed E-state index contributed by atoms with van der Waals surface area (Å²) in [5, 5.41) is 20.7. The smallest absolute Gasteiger partial charge is 0.246 e. The third-order valence-corrected chi connectivity index (χ3v) is 11.4. The maximum Gasteiger partial charge on any atom is 0.246 e. The molecule has 0 radical (unpaired) electrons. The fourth-order valence-corrected chi connectivity index (χ4v) is 8.45. The lowest BCUT2D eigenvalue weighted by Crippen LogP contribution is -2.57. The highest BCUT2D eigenvalue weighted by atomic mass is 32.2. The molecule has 4 unspecified atom stereocenters. The van der Waals surface area contributed by atoms with Gasteiger partial charge < -0.3 is 31.1 Å². The summed E-state index contributed by atoms with van der Waals surface area (Å²) < 4.78 is 30.0. The number of hydrogen-bond acceptors (Lipinski definition) is 8. The number of nitrogens with one attached hydrogen (secondary N) is 4. The van der Waals surface area contributed by atoms with Crippen LogP contribution in [0.1, 0.15) is 109 Å². The van der Waals surface area contributed by atoms with Crippen LogP contribution < -0.4 is 21.3 Å². The molecule has 5 N–H and O–H groups in total. The first-order chi connectivity index (χ1) is 22.0. The number of ether oxygens (including phenoxy) is 1. The van der Waals surface area contributed by atoms with Crippen molar-refractivity contribution in [3.8, 4) is 0 Å². The minimum absolute atomic E-state index is 0.0384. The number of rotatable bonds is 9. The van der Waals surface area contributed by atoms with Crippen molar-refractivity contribution in [3.63, 3.8) is 0 Å². The standard InChI is InChI=1S/C33H56N4O8S/c1-46(43,44)16-15-34-31(40)28-19-23-9-5-11-25(17-23)45-26-12-6-10-24(18-26)20-29(35-30(39)21-38)33(42)36-27(32(41)37-28)14-13-22-7-3-2-4-8-22/h22-29,38H,2-21H2,1H3,(H,34,40)(H,35,39)(H,36,42)(H,37,41)/t23?,24?,25?,26?,27-,28-,29-/m0/s1. The van der Waals surface area contributed by atoms with E-state index in [1.165, 1.54) is 6.42 Å². The van der Waals surface area contributed by atoms with Crippen LogP contribution in [0.4, 0.5) is 0 Å². The van der Waals surface area contributed by atoms with Crippen molar-refractivity contribution in [3.05, 3.63) is 0 Å². The van der Waals surface area contributed by atoms with E-state index in [0.717, 1.165) is 89.7 Å². The van der Waals surface area contributed by atoms with Gasteiger partial charge in [0.15, 0.2) is 0 Å². The molecule has 1 saturated heterocycles. The number of aliphatic hydroxyl groups excluding tert-OH is 1. The van der Waals surface area contributed by atoms with Gasteiger partial charge in [-0.25, -0.2) is 8.42 Å². The van der Waals surface area contributed by atoms with E-state index in [4.69, 9.17) is 4.74 Å². The van der Waals surface area contributed by atoms with Crippen LogP contribution >= 0.6 is 0 Å². The number of amides is 4. The number of sulfone groups is 1. The molecule has 4 rings (SSSR count). The second-order valence-electron chi connectivity index (χ2n) is 14.3. The van der Waals surface area contributed by atoms with Crippen LogP contribution in [0.2, 0.25) is 0 Å². The Morgan fingerprint density at radius 3 is 2.11 bits per heavy atom. The van der Waals surface area contributed by atoms with Crippen LogP contribution in [-0.2, 0) is 33.8 Å². The minimum Gasteiger partial charge on any atom is -0.387 e. The van der Waals surface area contributed by atoms with Gasteiger partial charge in [-0.1, -0.05) is 57.8 Å². The molecule has 7 atom stereocenters. The fourth-order valence-electron chi connectivity index (χ4n) is 7.97. The molecule has 0 aromatic heterocycles.